The maximum atomic E-state index is 8.68. The van der Waals surface area contributed by atoms with Crippen molar-refractivity contribution in [3.05, 3.63) is 21.9 Å². The van der Waals surface area contributed by atoms with Crippen molar-refractivity contribution in [3.63, 3.8) is 0 Å². The Hall–Kier alpha value is -0.520. The molecule has 0 radical (unpaired) electrons. The van der Waals surface area contributed by atoms with E-state index < -0.39 is 0 Å². The highest BCUT2D eigenvalue weighted by Gasteiger charge is 2.18. The van der Waals surface area contributed by atoms with Gasteiger partial charge in [0.15, 0.2) is 0 Å². The Bertz CT molecular complexity index is 300. The highest BCUT2D eigenvalue weighted by Crippen LogP contribution is 2.21. The Labute approximate surface area is 117 Å². The van der Waals surface area contributed by atoms with E-state index in [-0.39, 0.29) is 6.04 Å². The average molecular weight is 348 g/mol. The lowest BCUT2D eigenvalue weighted by Gasteiger charge is -2.29. The predicted octanol–water partition coefficient (Wildman–Crippen LogP) is 3.93. The van der Waals surface area contributed by atoms with E-state index >= 15 is 0 Å². The Morgan fingerprint density at radius 1 is 1.41 bits per heavy atom. The molecule has 0 aromatic carbocycles. The summed E-state index contributed by atoms with van der Waals surface area (Å²) in [7, 11) is 0. The van der Waals surface area contributed by atoms with Crippen LogP contribution in [0.5, 0.6) is 0 Å². The SMILES string of the molecule is CCCCCCCN1C=CC=C(I)C1C=NO. The minimum Gasteiger partial charge on any atom is -0.411 e. The molecule has 0 spiro atoms. The molecule has 0 bridgehead atoms. The van der Waals surface area contributed by atoms with Crippen LogP contribution in [0.15, 0.2) is 27.1 Å². The van der Waals surface area contributed by atoms with Crippen LogP contribution in [0.2, 0.25) is 0 Å². The zero-order valence-electron chi connectivity index (χ0n) is 10.3. The molecule has 0 aromatic rings. The Balaban J connectivity index is 2.35. The number of oxime groups is 1. The smallest absolute Gasteiger partial charge is 0.0981 e. The van der Waals surface area contributed by atoms with E-state index in [1.807, 2.05) is 0 Å². The molecule has 0 saturated carbocycles. The molecule has 4 heteroatoms. The standard InChI is InChI=1S/C13H21IN2O/c1-2-3-4-5-6-9-16-10-7-8-12(14)13(16)11-15-17/h7-8,10-11,13,17H,2-6,9H2,1H3. The zero-order chi connectivity index (χ0) is 12.5. The lowest BCUT2D eigenvalue weighted by atomic mass is 10.1. The number of hydrogen-bond acceptors (Lipinski definition) is 3. The third-order valence-electron chi connectivity index (χ3n) is 2.90. The summed E-state index contributed by atoms with van der Waals surface area (Å²) in [6, 6.07) is 0.108. The molecule has 1 aliphatic rings. The van der Waals surface area contributed by atoms with Crippen LogP contribution in [-0.2, 0) is 0 Å². The third-order valence-corrected chi connectivity index (χ3v) is 3.90. The Morgan fingerprint density at radius 3 is 2.88 bits per heavy atom. The molecule has 1 atom stereocenters. The van der Waals surface area contributed by atoms with Gasteiger partial charge in [0.2, 0.25) is 0 Å². The molecule has 1 N–H and O–H groups in total. The Kier molecular flexibility index (Phi) is 7.32. The molecule has 96 valence electrons. The van der Waals surface area contributed by atoms with Gasteiger partial charge in [0.25, 0.3) is 0 Å². The van der Waals surface area contributed by atoms with Crippen LogP contribution in [0, 0.1) is 0 Å². The van der Waals surface area contributed by atoms with Crippen molar-refractivity contribution in [2.24, 2.45) is 5.16 Å². The monoisotopic (exact) mass is 348 g/mol. The summed E-state index contributed by atoms with van der Waals surface area (Å²) in [5, 5.41) is 11.9. The molecule has 1 unspecified atom stereocenters. The fourth-order valence-corrected chi connectivity index (χ4v) is 2.65. The quantitative estimate of drug-likeness (QED) is 0.249. The molecular weight excluding hydrogens is 327 g/mol. The van der Waals surface area contributed by atoms with Crippen molar-refractivity contribution < 1.29 is 5.21 Å². The van der Waals surface area contributed by atoms with Gasteiger partial charge in [-0.25, -0.2) is 0 Å². The van der Waals surface area contributed by atoms with Crippen LogP contribution in [0.25, 0.3) is 0 Å². The molecule has 1 aliphatic heterocycles. The molecular formula is C13H21IN2O. The maximum absolute atomic E-state index is 8.68. The van der Waals surface area contributed by atoms with Crippen LogP contribution >= 0.6 is 22.6 Å². The fourth-order valence-electron chi connectivity index (χ4n) is 1.93. The first-order chi connectivity index (χ1) is 8.29. The summed E-state index contributed by atoms with van der Waals surface area (Å²) >= 11 is 2.30. The van der Waals surface area contributed by atoms with Gasteiger partial charge in [-0.05, 0) is 41.2 Å². The summed E-state index contributed by atoms with van der Waals surface area (Å²) in [5.41, 5.74) is 0. The van der Waals surface area contributed by atoms with Crippen LogP contribution in [0.4, 0.5) is 0 Å². The summed E-state index contributed by atoms with van der Waals surface area (Å²) in [5.74, 6) is 0. The molecule has 1 heterocycles. The van der Waals surface area contributed by atoms with Crippen molar-refractivity contribution in [1.29, 1.82) is 0 Å². The first kappa shape index (κ1) is 14.5. The number of nitrogens with zero attached hydrogens (tertiary/aromatic N) is 2. The highest BCUT2D eigenvalue weighted by molar-refractivity contribution is 14.1. The molecule has 0 amide bonds. The van der Waals surface area contributed by atoms with Crippen molar-refractivity contribution in [1.82, 2.24) is 4.90 Å². The summed E-state index contributed by atoms with van der Waals surface area (Å²) in [4.78, 5) is 2.23. The number of halogens is 1. The van der Waals surface area contributed by atoms with E-state index in [4.69, 9.17) is 5.21 Å². The summed E-state index contributed by atoms with van der Waals surface area (Å²) < 4.78 is 1.19. The predicted molar refractivity (Wildman–Crippen MR) is 80.8 cm³/mol. The van der Waals surface area contributed by atoms with Crippen LogP contribution < -0.4 is 0 Å². The van der Waals surface area contributed by atoms with Crippen molar-refractivity contribution in [3.8, 4) is 0 Å². The van der Waals surface area contributed by atoms with E-state index in [9.17, 15) is 0 Å². The molecule has 0 saturated heterocycles. The number of allylic oxidation sites excluding steroid dienone is 2. The lowest BCUT2D eigenvalue weighted by molar-refractivity contribution is 0.308. The van der Waals surface area contributed by atoms with Gasteiger partial charge in [-0.2, -0.15) is 0 Å². The average Bonchev–Trinajstić information content (AvgIpc) is 2.33. The fraction of sp³-hybridized carbons (Fsp3) is 0.615. The summed E-state index contributed by atoms with van der Waals surface area (Å²) in [6.45, 7) is 3.26. The number of unbranched alkanes of at least 4 members (excludes halogenated alkanes) is 4. The Morgan fingerprint density at radius 2 is 2.18 bits per heavy atom. The molecule has 1 rings (SSSR count). The van der Waals surface area contributed by atoms with E-state index in [1.165, 1.54) is 35.7 Å². The second-order valence-electron chi connectivity index (χ2n) is 4.25. The second kappa shape index (κ2) is 8.55. The minimum atomic E-state index is 0.108. The first-order valence-corrected chi connectivity index (χ1v) is 7.34. The van der Waals surface area contributed by atoms with Crippen LogP contribution in [-0.4, -0.2) is 28.9 Å². The maximum Gasteiger partial charge on any atom is 0.0981 e. The van der Waals surface area contributed by atoms with Gasteiger partial charge in [-0.15, -0.1) is 0 Å². The highest BCUT2D eigenvalue weighted by atomic mass is 127. The van der Waals surface area contributed by atoms with E-state index in [2.05, 4.69) is 57.9 Å². The van der Waals surface area contributed by atoms with E-state index in [0.29, 0.717) is 0 Å². The minimum absolute atomic E-state index is 0.108. The van der Waals surface area contributed by atoms with Gasteiger partial charge >= 0.3 is 0 Å². The largest absolute Gasteiger partial charge is 0.411 e. The van der Waals surface area contributed by atoms with Crippen LogP contribution in [0.3, 0.4) is 0 Å². The van der Waals surface area contributed by atoms with Gasteiger partial charge < -0.3 is 10.1 Å². The van der Waals surface area contributed by atoms with Crippen molar-refractivity contribution >= 4 is 28.8 Å². The second-order valence-corrected chi connectivity index (χ2v) is 5.50. The normalized spacial score (nSPS) is 20.0. The van der Waals surface area contributed by atoms with Crippen LogP contribution in [0.1, 0.15) is 39.0 Å². The molecule has 17 heavy (non-hydrogen) atoms. The zero-order valence-corrected chi connectivity index (χ0v) is 12.5. The van der Waals surface area contributed by atoms with Gasteiger partial charge in [-0.1, -0.05) is 37.8 Å². The summed E-state index contributed by atoms with van der Waals surface area (Å²) in [6.07, 6.45) is 14.2. The van der Waals surface area contributed by atoms with Crippen molar-refractivity contribution in [2.75, 3.05) is 6.54 Å². The first-order valence-electron chi connectivity index (χ1n) is 6.26. The van der Waals surface area contributed by atoms with Gasteiger partial charge in [0, 0.05) is 16.3 Å². The molecule has 0 fully saturated rings. The van der Waals surface area contributed by atoms with Crippen molar-refractivity contribution in [2.45, 2.75) is 45.1 Å². The number of rotatable bonds is 7. The van der Waals surface area contributed by atoms with E-state index in [1.54, 1.807) is 6.21 Å². The number of hydrogen-bond donors (Lipinski definition) is 1. The van der Waals surface area contributed by atoms with Gasteiger partial charge in [0.05, 0.1) is 12.3 Å². The molecule has 0 aliphatic carbocycles. The topological polar surface area (TPSA) is 35.8 Å². The lowest BCUT2D eigenvalue weighted by Crippen LogP contribution is -2.34. The van der Waals surface area contributed by atoms with Gasteiger partial charge in [0.1, 0.15) is 0 Å². The van der Waals surface area contributed by atoms with E-state index in [0.717, 1.165) is 6.54 Å². The molecule has 3 nitrogen and oxygen atoms in total. The van der Waals surface area contributed by atoms with Gasteiger partial charge in [-0.3, -0.25) is 0 Å². The molecule has 0 aromatic heterocycles. The third kappa shape index (κ3) is 5.10.